The smallest absolute Gasteiger partial charge is 0.227 e. The van der Waals surface area contributed by atoms with Crippen LogP contribution in [-0.4, -0.2) is 55.1 Å². The molecule has 0 bridgehead atoms. The summed E-state index contributed by atoms with van der Waals surface area (Å²) in [6.07, 6.45) is 2.70. The molecular weight excluding hydrogens is 307 g/mol. The molecule has 1 N–H and O–H groups in total. The molecule has 0 unspecified atom stereocenters. The SMILES string of the molecule is O=C([C@H]1CCNC1)N1CCN(c2ccnc3ccc(F)cc23)CC1. The molecule has 2 aliphatic rings. The van der Waals surface area contributed by atoms with E-state index in [1.54, 1.807) is 18.3 Å². The Balaban J connectivity index is 1.50. The molecule has 5 nitrogen and oxygen atoms in total. The Kier molecular flexibility index (Phi) is 4.06. The number of nitrogens with zero attached hydrogens (tertiary/aromatic N) is 3. The summed E-state index contributed by atoms with van der Waals surface area (Å²) in [7, 11) is 0. The first kappa shape index (κ1) is 15.3. The summed E-state index contributed by atoms with van der Waals surface area (Å²) >= 11 is 0. The summed E-state index contributed by atoms with van der Waals surface area (Å²) < 4.78 is 13.6. The van der Waals surface area contributed by atoms with Crippen molar-refractivity contribution in [2.75, 3.05) is 44.2 Å². The van der Waals surface area contributed by atoms with Crippen LogP contribution in [0.4, 0.5) is 10.1 Å². The number of carbonyl (C=O) groups is 1. The van der Waals surface area contributed by atoms with Crippen molar-refractivity contribution >= 4 is 22.5 Å². The number of pyridine rings is 1. The lowest BCUT2D eigenvalue weighted by atomic mass is 10.1. The Hall–Kier alpha value is -2.21. The van der Waals surface area contributed by atoms with Crippen LogP contribution in [0.3, 0.4) is 0 Å². The summed E-state index contributed by atoms with van der Waals surface area (Å²) in [4.78, 5) is 21.0. The first-order chi connectivity index (χ1) is 11.7. The topological polar surface area (TPSA) is 48.5 Å². The average molecular weight is 328 g/mol. The van der Waals surface area contributed by atoms with E-state index in [9.17, 15) is 9.18 Å². The van der Waals surface area contributed by atoms with Crippen LogP contribution in [0.25, 0.3) is 10.9 Å². The fourth-order valence-corrected chi connectivity index (χ4v) is 3.67. The number of hydrogen-bond donors (Lipinski definition) is 1. The van der Waals surface area contributed by atoms with E-state index in [0.29, 0.717) is 13.1 Å². The molecule has 2 fully saturated rings. The van der Waals surface area contributed by atoms with Crippen molar-refractivity contribution < 1.29 is 9.18 Å². The largest absolute Gasteiger partial charge is 0.367 e. The van der Waals surface area contributed by atoms with Gasteiger partial charge in [0.2, 0.25) is 5.91 Å². The minimum Gasteiger partial charge on any atom is -0.367 e. The van der Waals surface area contributed by atoms with Crippen LogP contribution in [0.2, 0.25) is 0 Å². The van der Waals surface area contributed by atoms with Crippen LogP contribution >= 0.6 is 0 Å². The summed E-state index contributed by atoms with van der Waals surface area (Å²) in [5, 5.41) is 4.08. The first-order valence-corrected chi connectivity index (χ1v) is 8.51. The van der Waals surface area contributed by atoms with Crippen LogP contribution in [-0.2, 0) is 4.79 Å². The number of halogens is 1. The predicted molar refractivity (Wildman–Crippen MR) is 91.5 cm³/mol. The standard InChI is InChI=1S/C18H21FN4O/c19-14-1-2-16-15(11-14)17(4-6-21-16)22-7-9-23(10-8-22)18(24)13-3-5-20-12-13/h1-2,4,6,11,13,20H,3,5,7-10,12H2/t13-/m0/s1. The van der Waals surface area contributed by atoms with Gasteiger partial charge in [-0.05, 0) is 37.2 Å². The Bertz CT molecular complexity index is 752. The number of rotatable bonds is 2. The van der Waals surface area contributed by atoms with Gasteiger partial charge >= 0.3 is 0 Å². The van der Waals surface area contributed by atoms with Crippen LogP contribution < -0.4 is 10.2 Å². The van der Waals surface area contributed by atoms with Gasteiger partial charge in [-0.15, -0.1) is 0 Å². The van der Waals surface area contributed by atoms with Crippen LogP contribution in [0.5, 0.6) is 0 Å². The van der Waals surface area contributed by atoms with Gasteiger partial charge in [0.25, 0.3) is 0 Å². The lowest BCUT2D eigenvalue weighted by molar-refractivity contribution is -0.135. The van der Waals surface area contributed by atoms with Crippen molar-refractivity contribution in [2.24, 2.45) is 5.92 Å². The van der Waals surface area contributed by atoms with E-state index in [0.717, 1.165) is 49.2 Å². The van der Waals surface area contributed by atoms with Crippen LogP contribution in [0.15, 0.2) is 30.5 Å². The van der Waals surface area contributed by atoms with Gasteiger partial charge in [-0.25, -0.2) is 4.39 Å². The van der Waals surface area contributed by atoms with E-state index in [1.165, 1.54) is 6.07 Å². The number of piperazine rings is 1. The molecule has 3 heterocycles. The zero-order valence-electron chi connectivity index (χ0n) is 13.5. The van der Waals surface area contributed by atoms with E-state index < -0.39 is 0 Å². The van der Waals surface area contributed by atoms with Crippen molar-refractivity contribution in [3.8, 4) is 0 Å². The van der Waals surface area contributed by atoms with Gasteiger partial charge in [0.15, 0.2) is 0 Å². The molecule has 2 aromatic rings. The van der Waals surface area contributed by atoms with Crippen LogP contribution in [0, 0.1) is 11.7 Å². The third-order valence-corrected chi connectivity index (χ3v) is 5.02. The van der Waals surface area contributed by atoms with Crippen LogP contribution in [0.1, 0.15) is 6.42 Å². The quantitative estimate of drug-likeness (QED) is 0.910. The molecule has 0 aliphatic carbocycles. The number of fused-ring (bicyclic) bond motifs is 1. The summed E-state index contributed by atoms with van der Waals surface area (Å²) in [5.41, 5.74) is 1.79. The monoisotopic (exact) mass is 328 g/mol. The molecule has 2 saturated heterocycles. The fourth-order valence-electron chi connectivity index (χ4n) is 3.67. The molecule has 126 valence electrons. The lowest BCUT2D eigenvalue weighted by Crippen LogP contribution is -2.50. The maximum Gasteiger partial charge on any atom is 0.227 e. The lowest BCUT2D eigenvalue weighted by Gasteiger charge is -2.37. The third kappa shape index (κ3) is 2.82. The van der Waals surface area contributed by atoms with Crippen molar-refractivity contribution in [3.63, 3.8) is 0 Å². The number of aromatic nitrogens is 1. The number of anilines is 1. The molecule has 6 heteroatoms. The maximum atomic E-state index is 13.6. The molecule has 1 atom stereocenters. The second-order valence-corrected chi connectivity index (χ2v) is 6.49. The molecule has 4 rings (SSSR count). The van der Waals surface area contributed by atoms with Gasteiger partial charge in [-0.2, -0.15) is 0 Å². The van der Waals surface area contributed by atoms with E-state index in [-0.39, 0.29) is 17.6 Å². The van der Waals surface area contributed by atoms with Crippen molar-refractivity contribution in [2.45, 2.75) is 6.42 Å². The number of benzene rings is 1. The van der Waals surface area contributed by atoms with E-state index in [1.807, 2.05) is 11.0 Å². The summed E-state index contributed by atoms with van der Waals surface area (Å²) in [5.74, 6) is 0.150. The normalized spacial score (nSPS) is 21.5. The second kappa shape index (κ2) is 6.36. The number of carbonyl (C=O) groups excluding carboxylic acids is 1. The molecule has 1 aromatic carbocycles. The van der Waals surface area contributed by atoms with Gasteiger partial charge < -0.3 is 15.1 Å². The minimum absolute atomic E-state index is 0.132. The molecule has 2 aliphatic heterocycles. The zero-order chi connectivity index (χ0) is 16.5. The van der Waals surface area contributed by atoms with E-state index in [4.69, 9.17) is 0 Å². The molecular formula is C18H21FN4O. The van der Waals surface area contributed by atoms with Gasteiger partial charge in [-0.3, -0.25) is 9.78 Å². The van der Waals surface area contributed by atoms with E-state index >= 15 is 0 Å². The molecule has 1 amide bonds. The van der Waals surface area contributed by atoms with Crippen molar-refractivity contribution in [1.82, 2.24) is 15.2 Å². The minimum atomic E-state index is -0.251. The maximum absolute atomic E-state index is 13.6. The highest BCUT2D eigenvalue weighted by Gasteiger charge is 2.29. The molecule has 1 aromatic heterocycles. The third-order valence-electron chi connectivity index (χ3n) is 5.02. The summed E-state index contributed by atoms with van der Waals surface area (Å²) in [6, 6.07) is 6.62. The van der Waals surface area contributed by atoms with Gasteiger partial charge in [0.05, 0.1) is 11.4 Å². The number of amides is 1. The van der Waals surface area contributed by atoms with Gasteiger partial charge in [0.1, 0.15) is 5.82 Å². The Morgan fingerprint density at radius 1 is 1.21 bits per heavy atom. The highest BCUT2D eigenvalue weighted by molar-refractivity contribution is 5.91. The highest BCUT2D eigenvalue weighted by atomic mass is 19.1. The zero-order valence-corrected chi connectivity index (χ0v) is 13.5. The Morgan fingerprint density at radius 3 is 2.79 bits per heavy atom. The molecule has 0 radical (unpaired) electrons. The van der Waals surface area contributed by atoms with Crippen molar-refractivity contribution in [1.29, 1.82) is 0 Å². The van der Waals surface area contributed by atoms with E-state index in [2.05, 4.69) is 15.2 Å². The summed E-state index contributed by atoms with van der Waals surface area (Å²) in [6.45, 7) is 4.70. The second-order valence-electron chi connectivity index (χ2n) is 6.49. The Labute approximate surface area is 140 Å². The molecule has 0 saturated carbocycles. The number of hydrogen-bond acceptors (Lipinski definition) is 4. The number of nitrogens with one attached hydrogen (secondary N) is 1. The average Bonchev–Trinajstić information content (AvgIpc) is 3.15. The fraction of sp³-hybridized carbons (Fsp3) is 0.444. The van der Waals surface area contributed by atoms with Gasteiger partial charge in [-0.1, -0.05) is 0 Å². The Morgan fingerprint density at radius 2 is 2.04 bits per heavy atom. The van der Waals surface area contributed by atoms with Crippen molar-refractivity contribution in [3.05, 3.63) is 36.3 Å². The highest BCUT2D eigenvalue weighted by Crippen LogP contribution is 2.27. The molecule has 0 spiro atoms. The first-order valence-electron chi connectivity index (χ1n) is 8.51. The van der Waals surface area contributed by atoms with Gasteiger partial charge in [0, 0.05) is 50.0 Å². The predicted octanol–water partition coefficient (Wildman–Crippen LogP) is 1.63. The molecule has 24 heavy (non-hydrogen) atoms.